The fraction of sp³-hybridized carbons (Fsp3) is 0.450. The molecule has 1 aliphatic heterocycles. The summed E-state index contributed by atoms with van der Waals surface area (Å²) < 4.78 is 16.7. The number of hydrogen-bond donors (Lipinski definition) is 1. The third-order valence-electron chi connectivity index (χ3n) is 4.43. The third-order valence-corrected chi connectivity index (χ3v) is 4.71. The molecule has 1 N–H and O–H groups in total. The summed E-state index contributed by atoms with van der Waals surface area (Å²) in [4.78, 5) is 6.49. The van der Waals surface area contributed by atoms with E-state index in [1.807, 2.05) is 24.3 Å². The first kappa shape index (κ1) is 25.8. The van der Waals surface area contributed by atoms with Crippen molar-refractivity contribution in [1.82, 2.24) is 15.2 Å². The molecule has 0 atom stereocenters. The maximum Gasteiger partial charge on any atom is 0.180 e. The zero-order chi connectivity index (χ0) is 18.9. The van der Waals surface area contributed by atoms with E-state index in [4.69, 9.17) is 25.8 Å². The van der Waals surface area contributed by atoms with Crippen molar-refractivity contribution in [3.63, 3.8) is 0 Å². The van der Waals surface area contributed by atoms with Gasteiger partial charge in [0.05, 0.1) is 25.3 Å². The van der Waals surface area contributed by atoms with Crippen LogP contribution >= 0.6 is 11.6 Å². The average Bonchev–Trinajstić information content (AvgIpc) is 2.71. The van der Waals surface area contributed by atoms with Crippen molar-refractivity contribution in [1.29, 1.82) is 0 Å². The van der Waals surface area contributed by atoms with Crippen molar-refractivity contribution in [2.24, 2.45) is 0 Å². The van der Waals surface area contributed by atoms with E-state index in [-0.39, 0.29) is 24.8 Å². The number of nitrogens with zero attached hydrogens (tertiary/aromatic N) is 2. The summed E-state index contributed by atoms with van der Waals surface area (Å²) in [6.07, 6.45) is 3.51. The van der Waals surface area contributed by atoms with E-state index in [0.717, 1.165) is 57.1 Å². The van der Waals surface area contributed by atoms with Crippen molar-refractivity contribution in [2.45, 2.75) is 13.2 Å². The van der Waals surface area contributed by atoms with Gasteiger partial charge in [0.2, 0.25) is 0 Å². The van der Waals surface area contributed by atoms with Crippen LogP contribution in [0.15, 0.2) is 36.7 Å². The lowest BCUT2D eigenvalue weighted by Crippen LogP contribution is -3.00. The molecule has 0 amide bonds. The van der Waals surface area contributed by atoms with E-state index in [1.165, 1.54) is 0 Å². The molecule has 1 aromatic heterocycles. The third kappa shape index (κ3) is 8.16. The predicted octanol–water partition coefficient (Wildman–Crippen LogP) is -3.25. The standard InChI is InChI=1S/C20H26ClN3O3.2ClH/c1-25-19-12-17(14-23-5-6-24-7-9-26-10-8-24)11-18(21)20(19)27-15-16-3-2-4-22-13-16;;/h2-4,11-13,23H,5-10,14-15H2,1H3;2*1H/p-2. The van der Waals surface area contributed by atoms with E-state index in [1.54, 1.807) is 19.5 Å². The molecule has 0 saturated carbocycles. The molecule has 3 rings (SSSR count). The van der Waals surface area contributed by atoms with Gasteiger partial charge in [0.1, 0.15) is 6.61 Å². The Morgan fingerprint density at radius 1 is 1.21 bits per heavy atom. The lowest BCUT2D eigenvalue weighted by atomic mass is 10.2. The van der Waals surface area contributed by atoms with E-state index in [0.29, 0.717) is 23.1 Å². The highest BCUT2D eigenvalue weighted by Crippen LogP contribution is 2.36. The number of rotatable bonds is 9. The molecule has 29 heavy (non-hydrogen) atoms. The van der Waals surface area contributed by atoms with Crippen LogP contribution < -0.4 is 39.6 Å². The Balaban J connectivity index is 0.00000210. The number of hydrogen-bond acceptors (Lipinski definition) is 6. The second-order valence-corrected chi connectivity index (χ2v) is 6.80. The fourth-order valence-corrected chi connectivity index (χ4v) is 3.24. The first-order chi connectivity index (χ1) is 13.3. The molecule has 0 unspecified atom stereocenters. The normalized spacial score (nSPS) is 13.9. The molecule has 6 nitrogen and oxygen atoms in total. The molecule has 2 heterocycles. The molecule has 1 saturated heterocycles. The molecule has 1 fully saturated rings. The topological polar surface area (TPSA) is 55.9 Å². The molecule has 0 radical (unpaired) electrons. The zero-order valence-corrected chi connectivity index (χ0v) is 18.6. The highest BCUT2D eigenvalue weighted by atomic mass is 35.5. The van der Waals surface area contributed by atoms with Gasteiger partial charge >= 0.3 is 0 Å². The highest BCUT2D eigenvalue weighted by Gasteiger charge is 2.13. The smallest absolute Gasteiger partial charge is 0.180 e. The molecule has 2 aromatic rings. The summed E-state index contributed by atoms with van der Waals surface area (Å²) in [6.45, 7) is 6.71. The van der Waals surface area contributed by atoms with E-state index in [2.05, 4.69) is 15.2 Å². The van der Waals surface area contributed by atoms with Gasteiger partial charge in [-0.1, -0.05) is 17.7 Å². The Kier molecular flexibility index (Phi) is 12.3. The largest absolute Gasteiger partial charge is 1.00 e. The monoisotopic (exact) mass is 461 g/mol. The van der Waals surface area contributed by atoms with Crippen molar-refractivity contribution in [3.8, 4) is 11.5 Å². The van der Waals surface area contributed by atoms with Crippen molar-refractivity contribution in [3.05, 3.63) is 52.8 Å². The number of nitrogens with one attached hydrogen (secondary N) is 1. The molecule has 0 bridgehead atoms. The summed E-state index contributed by atoms with van der Waals surface area (Å²) in [5.41, 5.74) is 2.04. The van der Waals surface area contributed by atoms with E-state index < -0.39 is 0 Å². The first-order valence-corrected chi connectivity index (χ1v) is 9.53. The maximum absolute atomic E-state index is 6.44. The number of aromatic nitrogens is 1. The molecule has 0 aliphatic carbocycles. The number of halogens is 3. The van der Waals surface area contributed by atoms with Gasteiger partial charge < -0.3 is 44.3 Å². The van der Waals surface area contributed by atoms with Gasteiger partial charge in [-0.2, -0.15) is 0 Å². The van der Waals surface area contributed by atoms with Crippen LogP contribution in [-0.4, -0.2) is 56.4 Å². The van der Waals surface area contributed by atoms with Crippen LogP contribution in [0.3, 0.4) is 0 Å². The second-order valence-electron chi connectivity index (χ2n) is 6.39. The number of benzene rings is 1. The van der Waals surface area contributed by atoms with Crippen LogP contribution in [-0.2, 0) is 17.9 Å². The summed E-state index contributed by atoms with van der Waals surface area (Å²) in [7, 11) is 1.62. The summed E-state index contributed by atoms with van der Waals surface area (Å²) >= 11 is 6.44. The fourth-order valence-electron chi connectivity index (χ4n) is 2.95. The highest BCUT2D eigenvalue weighted by molar-refractivity contribution is 6.32. The summed E-state index contributed by atoms with van der Waals surface area (Å²) in [5.74, 6) is 1.19. The summed E-state index contributed by atoms with van der Waals surface area (Å²) in [5, 5.41) is 4.00. The summed E-state index contributed by atoms with van der Waals surface area (Å²) in [6, 6.07) is 7.72. The maximum atomic E-state index is 6.44. The molecule has 1 aliphatic rings. The molecule has 1 aromatic carbocycles. The van der Waals surface area contributed by atoms with Gasteiger partial charge in [-0.15, -0.1) is 0 Å². The first-order valence-electron chi connectivity index (χ1n) is 9.15. The predicted molar refractivity (Wildman–Crippen MR) is 106 cm³/mol. The van der Waals surface area contributed by atoms with Gasteiger partial charge in [-0.25, -0.2) is 0 Å². The van der Waals surface area contributed by atoms with Crippen molar-refractivity contribution < 1.29 is 39.0 Å². The molecule has 0 spiro atoms. The van der Waals surface area contributed by atoms with E-state index >= 15 is 0 Å². The average molecular weight is 463 g/mol. The minimum atomic E-state index is 0. The number of methoxy groups -OCH3 is 1. The zero-order valence-electron chi connectivity index (χ0n) is 16.4. The van der Waals surface area contributed by atoms with Gasteiger partial charge in [0.15, 0.2) is 11.5 Å². The molecular weight excluding hydrogens is 437 g/mol. The second kappa shape index (κ2) is 13.9. The number of morpholine rings is 1. The minimum absolute atomic E-state index is 0. The Morgan fingerprint density at radius 3 is 2.69 bits per heavy atom. The minimum Gasteiger partial charge on any atom is -1.00 e. The lowest BCUT2D eigenvalue weighted by Gasteiger charge is -2.26. The van der Waals surface area contributed by atoms with Crippen LogP contribution in [0, 0.1) is 0 Å². The Labute approximate surface area is 189 Å². The SMILES string of the molecule is COc1cc(CNCCN2CCOCC2)cc(Cl)c1OCc1cccnc1.[Cl-].[Cl-]. The number of ether oxygens (including phenoxy) is 3. The molecular formula is C20H26Cl3N3O3-2. The molecule has 162 valence electrons. The van der Waals surface area contributed by atoms with Gasteiger partial charge in [-0.3, -0.25) is 9.88 Å². The number of pyridine rings is 1. The van der Waals surface area contributed by atoms with Crippen LogP contribution in [0.5, 0.6) is 11.5 Å². The molecule has 9 heteroatoms. The van der Waals surface area contributed by atoms with Crippen LogP contribution in [0.1, 0.15) is 11.1 Å². The van der Waals surface area contributed by atoms with E-state index in [9.17, 15) is 0 Å². The quantitative estimate of drug-likeness (QED) is 0.395. The van der Waals surface area contributed by atoms with Crippen molar-refractivity contribution in [2.75, 3.05) is 46.5 Å². The Hall–Kier alpha value is -1.28. The van der Waals surface area contributed by atoms with Gasteiger partial charge in [-0.05, 0) is 23.8 Å². The van der Waals surface area contributed by atoms with Crippen LogP contribution in [0.2, 0.25) is 5.02 Å². The Morgan fingerprint density at radius 2 is 2.00 bits per heavy atom. The van der Waals surface area contributed by atoms with Crippen LogP contribution in [0.25, 0.3) is 0 Å². The Bertz CT molecular complexity index is 717. The van der Waals surface area contributed by atoms with Crippen molar-refractivity contribution >= 4 is 11.6 Å². The van der Waals surface area contributed by atoms with Crippen LogP contribution in [0.4, 0.5) is 0 Å². The van der Waals surface area contributed by atoms with Gasteiger partial charge in [0.25, 0.3) is 0 Å². The lowest BCUT2D eigenvalue weighted by molar-refractivity contribution is -0.00100. The van der Waals surface area contributed by atoms with Gasteiger partial charge in [0, 0.05) is 50.7 Å².